The Labute approximate surface area is 132 Å². The molecule has 4 rings (SSSR count). The highest BCUT2D eigenvalue weighted by atomic mass is 32.1. The first-order valence-electron chi connectivity index (χ1n) is 7.42. The smallest absolute Gasteiger partial charge is 0.279 e. The highest BCUT2D eigenvalue weighted by Gasteiger charge is 2.14. The molecule has 0 atom stereocenters. The minimum absolute atomic E-state index is 0.173. The summed E-state index contributed by atoms with van der Waals surface area (Å²) in [6.45, 7) is 2.15. The van der Waals surface area contributed by atoms with E-state index in [1.807, 2.05) is 42.6 Å². The van der Waals surface area contributed by atoms with Gasteiger partial charge in [-0.05, 0) is 37.1 Å². The van der Waals surface area contributed by atoms with Crippen molar-refractivity contribution in [2.75, 3.05) is 18.0 Å². The molecule has 5 heteroatoms. The number of rotatable bonds is 2. The molecule has 1 aliphatic heterocycles. The summed E-state index contributed by atoms with van der Waals surface area (Å²) in [4.78, 5) is 23.2. The van der Waals surface area contributed by atoms with Crippen LogP contribution in [0.15, 0.2) is 47.4 Å². The second-order valence-corrected chi connectivity index (χ2v) is 6.45. The minimum Gasteiger partial charge on any atom is -0.357 e. The maximum atomic E-state index is 12.1. The van der Waals surface area contributed by atoms with Crippen molar-refractivity contribution in [2.24, 2.45) is 0 Å². The van der Waals surface area contributed by atoms with Crippen LogP contribution >= 0.6 is 11.3 Å². The van der Waals surface area contributed by atoms with Crippen molar-refractivity contribution in [3.05, 3.63) is 52.9 Å². The number of pyridine rings is 1. The van der Waals surface area contributed by atoms with Crippen LogP contribution in [-0.4, -0.2) is 23.1 Å². The zero-order valence-corrected chi connectivity index (χ0v) is 12.8. The van der Waals surface area contributed by atoms with E-state index in [0.717, 1.165) is 34.2 Å². The number of benzene rings is 1. The number of anilines is 1. The molecule has 0 saturated carbocycles. The molecule has 3 heterocycles. The van der Waals surface area contributed by atoms with Gasteiger partial charge in [-0.15, -0.1) is 11.3 Å². The highest BCUT2D eigenvalue weighted by molar-refractivity contribution is 7.21. The van der Waals surface area contributed by atoms with Gasteiger partial charge in [0.05, 0.1) is 5.39 Å². The Morgan fingerprint density at radius 1 is 1.05 bits per heavy atom. The largest absolute Gasteiger partial charge is 0.357 e. The van der Waals surface area contributed by atoms with E-state index in [9.17, 15) is 4.79 Å². The van der Waals surface area contributed by atoms with Crippen LogP contribution in [0.3, 0.4) is 0 Å². The fraction of sp³-hybridized carbons (Fsp3) is 0.235. The van der Waals surface area contributed by atoms with Gasteiger partial charge in [0, 0.05) is 29.5 Å². The molecule has 1 aromatic carbocycles. The topological polar surface area (TPSA) is 46.1 Å². The number of fused-ring (bicyclic) bond motifs is 1. The van der Waals surface area contributed by atoms with Crippen molar-refractivity contribution in [2.45, 2.75) is 12.8 Å². The Kier molecular flexibility index (Phi) is 3.35. The van der Waals surface area contributed by atoms with Gasteiger partial charge in [0.25, 0.3) is 5.56 Å². The monoisotopic (exact) mass is 309 g/mol. The first kappa shape index (κ1) is 13.4. The van der Waals surface area contributed by atoms with Crippen LogP contribution in [-0.2, 0) is 0 Å². The maximum absolute atomic E-state index is 12.1. The molecule has 22 heavy (non-hydrogen) atoms. The van der Waals surface area contributed by atoms with E-state index in [2.05, 4.69) is 14.9 Å². The number of hydrogen-bond donors (Lipinski definition) is 0. The zero-order valence-electron chi connectivity index (χ0n) is 12.0. The third-order valence-corrected chi connectivity index (χ3v) is 5.05. The molecule has 1 aliphatic rings. The SMILES string of the molecule is O=c1nc(-c2ccc(N3CCCC3)nc2)sc2ccccc12. The number of aromatic nitrogens is 2. The third kappa shape index (κ3) is 2.37. The molecule has 1 fully saturated rings. The lowest BCUT2D eigenvalue weighted by molar-refractivity contribution is 0.938. The van der Waals surface area contributed by atoms with Crippen molar-refractivity contribution in [3.8, 4) is 10.6 Å². The molecular weight excluding hydrogens is 294 g/mol. The van der Waals surface area contributed by atoms with Crippen LogP contribution in [0.2, 0.25) is 0 Å². The van der Waals surface area contributed by atoms with Gasteiger partial charge >= 0.3 is 0 Å². The van der Waals surface area contributed by atoms with E-state index in [0.29, 0.717) is 5.39 Å². The van der Waals surface area contributed by atoms with E-state index in [-0.39, 0.29) is 5.56 Å². The van der Waals surface area contributed by atoms with Crippen LogP contribution < -0.4 is 10.5 Å². The van der Waals surface area contributed by atoms with Crippen molar-refractivity contribution in [1.29, 1.82) is 0 Å². The predicted molar refractivity (Wildman–Crippen MR) is 90.6 cm³/mol. The van der Waals surface area contributed by atoms with Crippen molar-refractivity contribution in [3.63, 3.8) is 0 Å². The van der Waals surface area contributed by atoms with Crippen molar-refractivity contribution < 1.29 is 0 Å². The molecule has 0 unspecified atom stereocenters. The molecule has 0 bridgehead atoms. The first-order valence-corrected chi connectivity index (χ1v) is 8.24. The van der Waals surface area contributed by atoms with E-state index in [1.54, 1.807) is 0 Å². The van der Waals surface area contributed by atoms with Gasteiger partial charge in [-0.25, -0.2) is 4.98 Å². The van der Waals surface area contributed by atoms with Gasteiger partial charge in [0.1, 0.15) is 10.8 Å². The van der Waals surface area contributed by atoms with Crippen molar-refractivity contribution in [1.82, 2.24) is 9.97 Å². The summed E-state index contributed by atoms with van der Waals surface area (Å²) < 4.78 is 0.959. The summed E-state index contributed by atoms with van der Waals surface area (Å²) in [6.07, 6.45) is 4.29. The fourth-order valence-electron chi connectivity index (χ4n) is 2.78. The molecular formula is C17H15N3OS. The van der Waals surface area contributed by atoms with Gasteiger partial charge in [-0.3, -0.25) is 4.79 Å². The lowest BCUT2D eigenvalue weighted by atomic mass is 10.2. The van der Waals surface area contributed by atoms with Crippen LogP contribution in [0, 0.1) is 0 Å². The summed E-state index contributed by atoms with van der Waals surface area (Å²) in [7, 11) is 0. The van der Waals surface area contributed by atoms with Crippen LogP contribution in [0.1, 0.15) is 12.8 Å². The lowest BCUT2D eigenvalue weighted by Gasteiger charge is -2.16. The second kappa shape index (κ2) is 5.50. The summed E-state index contributed by atoms with van der Waals surface area (Å²) in [5, 5.41) is 1.40. The van der Waals surface area contributed by atoms with Gasteiger partial charge in [0.2, 0.25) is 0 Å². The van der Waals surface area contributed by atoms with Crippen LogP contribution in [0.5, 0.6) is 0 Å². The quantitative estimate of drug-likeness (QED) is 0.728. The Balaban J connectivity index is 1.73. The van der Waals surface area contributed by atoms with E-state index >= 15 is 0 Å². The van der Waals surface area contributed by atoms with Gasteiger partial charge in [-0.1, -0.05) is 12.1 Å². The molecule has 0 amide bonds. The molecule has 0 N–H and O–H groups in total. The van der Waals surface area contributed by atoms with E-state index < -0.39 is 0 Å². The molecule has 3 aromatic rings. The Morgan fingerprint density at radius 3 is 2.64 bits per heavy atom. The van der Waals surface area contributed by atoms with Crippen molar-refractivity contribution >= 4 is 27.2 Å². The summed E-state index contributed by atoms with van der Waals surface area (Å²) in [5.41, 5.74) is 0.726. The maximum Gasteiger partial charge on any atom is 0.279 e. The summed E-state index contributed by atoms with van der Waals surface area (Å²) in [6, 6.07) is 11.6. The lowest BCUT2D eigenvalue weighted by Crippen LogP contribution is -2.18. The second-order valence-electron chi connectivity index (χ2n) is 5.42. The molecule has 1 saturated heterocycles. The standard InChI is InChI=1S/C17H15N3OS/c21-16-13-5-1-2-6-14(13)22-17(19-16)12-7-8-15(18-11-12)20-9-3-4-10-20/h1-2,5-8,11H,3-4,9-10H2. The molecule has 0 spiro atoms. The summed E-state index contributed by atoms with van der Waals surface area (Å²) in [5.74, 6) is 1.01. The molecule has 2 aromatic heterocycles. The van der Waals surface area contributed by atoms with Crippen LogP contribution in [0.4, 0.5) is 5.82 Å². The Hall–Kier alpha value is -2.27. The number of nitrogens with zero attached hydrogens (tertiary/aromatic N) is 3. The minimum atomic E-state index is -0.173. The number of hydrogen-bond acceptors (Lipinski definition) is 5. The molecule has 0 radical (unpaired) electrons. The molecule has 4 nitrogen and oxygen atoms in total. The average Bonchev–Trinajstić information content (AvgIpc) is 3.09. The van der Waals surface area contributed by atoms with Gasteiger partial charge < -0.3 is 4.90 Å². The first-order chi connectivity index (χ1) is 10.8. The van der Waals surface area contributed by atoms with Gasteiger partial charge in [0.15, 0.2) is 0 Å². The molecule has 110 valence electrons. The Morgan fingerprint density at radius 2 is 1.86 bits per heavy atom. The van der Waals surface area contributed by atoms with E-state index in [1.165, 1.54) is 24.2 Å². The normalized spacial score (nSPS) is 14.6. The van der Waals surface area contributed by atoms with Gasteiger partial charge in [-0.2, -0.15) is 4.98 Å². The third-order valence-electron chi connectivity index (χ3n) is 3.95. The van der Waals surface area contributed by atoms with E-state index in [4.69, 9.17) is 0 Å². The Bertz CT molecular complexity index is 867. The molecule has 0 aliphatic carbocycles. The zero-order chi connectivity index (χ0) is 14.9. The predicted octanol–water partition coefficient (Wildman–Crippen LogP) is 3.32. The van der Waals surface area contributed by atoms with Crippen LogP contribution in [0.25, 0.3) is 20.7 Å². The summed E-state index contributed by atoms with van der Waals surface area (Å²) >= 11 is 1.53. The highest BCUT2D eigenvalue weighted by Crippen LogP contribution is 2.27. The fourth-order valence-corrected chi connectivity index (χ4v) is 3.77. The average molecular weight is 309 g/mol.